The molecule has 1 aliphatic carbocycles. The van der Waals surface area contributed by atoms with Crippen LogP contribution in [0.5, 0.6) is 0 Å². The van der Waals surface area contributed by atoms with Crippen LogP contribution in [-0.4, -0.2) is 28.7 Å². The third-order valence-corrected chi connectivity index (χ3v) is 5.11. The van der Waals surface area contributed by atoms with Gasteiger partial charge >= 0.3 is 0 Å². The van der Waals surface area contributed by atoms with Crippen LogP contribution in [0.1, 0.15) is 62.3 Å². The molecule has 2 aromatic carbocycles. The SMILES string of the molecule is O=C(NC1CCCC1)c1ccc2c(c1)C(=O)N(Cc1ccccc1)C2=O. The molecule has 1 fully saturated rings. The summed E-state index contributed by atoms with van der Waals surface area (Å²) in [5.74, 6) is -0.831. The quantitative estimate of drug-likeness (QED) is 0.863. The summed E-state index contributed by atoms with van der Waals surface area (Å²) in [4.78, 5) is 39.0. The summed E-state index contributed by atoms with van der Waals surface area (Å²) in [6.07, 6.45) is 4.27. The fourth-order valence-electron chi connectivity index (χ4n) is 3.68. The molecule has 26 heavy (non-hydrogen) atoms. The van der Waals surface area contributed by atoms with Crippen molar-refractivity contribution in [2.75, 3.05) is 0 Å². The Morgan fingerprint density at radius 1 is 0.962 bits per heavy atom. The second-order valence-corrected chi connectivity index (χ2v) is 6.90. The third kappa shape index (κ3) is 3.01. The van der Waals surface area contributed by atoms with Crippen molar-refractivity contribution >= 4 is 17.7 Å². The number of fused-ring (bicyclic) bond motifs is 1. The zero-order valence-electron chi connectivity index (χ0n) is 14.4. The van der Waals surface area contributed by atoms with E-state index in [1.807, 2.05) is 30.3 Å². The second-order valence-electron chi connectivity index (χ2n) is 6.90. The molecule has 1 aliphatic heterocycles. The topological polar surface area (TPSA) is 66.5 Å². The van der Waals surface area contributed by atoms with E-state index in [0.717, 1.165) is 31.2 Å². The standard InChI is InChI=1S/C21H20N2O3/c24-19(22-16-8-4-5-9-16)15-10-11-17-18(12-15)21(26)23(20(17)25)13-14-6-2-1-3-7-14/h1-3,6-7,10-12,16H,4-5,8-9,13H2,(H,22,24). The summed E-state index contributed by atoms with van der Waals surface area (Å²) >= 11 is 0. The number of benzene rings is 2. The average molecular weight is 348 g/mol. The van der Waals surface area contributed by atoms with E-state index in [9.17, 15) is 14.4 Å². The van der Waals surface area contributed by atoms with E-state index in [4.69, 9.17) is 0 Å². The molecule has 0 saturated heterocycles. The molecular weight excluding hydrogens is 328 g/mol. The molecule has 2 aliphatic rings. The molecule has 132 valence electrons. The van der Waals surface area contributed by atoms with Crippen LogP contribution in [0.2, 0.25) is 0 Å². The van der Waals surface area contributed by atoms with E-state index >= 15 is 0 Å². The molecular formula is C21H20N2O3. The first-order valence-corrected chi connectivity index (χ1v) is 8.98. The van der Waals surface area contributed by atoms with Crippen LogP contribution in [0.15, 0.2) is 48.5 Å². The van der Waals surface area contributed by atoms with Crippen LogP contribution in [0.3, 0.4) is 0 Å². The summed E-state index contributed by atoms with van der Waals surface area (Å²) in [5, 5.41) is 3.01. The van der Waals surface area contributed by atoms with Gasteiger partial charge in [-0.3, -0.25) is 19.3 Å². The molecule has 3 amide bonds. The highest BCUT2D eigenvalue weighted by atomic mass is 16.2. The fourth-order valence-corrected chi connectivity index (χ4v) is 3.68. The molecule has 1 heterocycles. The molecule has 5 heteroatoms. The highest BCUT2D eigenvalue weighted by molar-refractivity contribution is 6.22. The predicted octanol–water partition coefficient (Wildman–Crippen LogP) is 3.16. The van der Waals surface area contributed by atoms with E-state index in [1.165, 1.54) is 4.90 Å². The summed E-state index contributed by atoms with van der Waals surface area (Å²) in [6.45, 7) is 0.233. The van der Waals surface area contributed by atoms with Gasteiger partial charge in [0, 0.05) is 11.6 Å². The van der Waals surface area contributed by atoms with Gasteiger partial charge in [0.1, 0.15) is 0 Å². The number of carbonyl (C=O) groups excluding carboxylic acids is 3. The number of imide groups is 1. The summed E-state index contributed by atoms with van der Waals surface area (Å²) in [7, 11) is 0. The van der Waals surface area contributed by atoms with Crippen molar-refractivity contribution in [3.05, 3.63) is 70.8 Å². The molecule has 2 aromatic rings. The minimum absolute atomic E-state index is 0.179. The number of nitrogens with zero attached hydrogens (tertiary/aromatic N) is 1. The Morgan fingerprint density at radius 2 is 1.65 bits per heavy atom. The zero-order valence-corrected chi connectivity index (χ0v) is 14.4. The van der Waals surface area contributed by atoms with E-state index in [1.54, 1.807) is 18.2 Å². The van der Waals surface area contributed by atoms with Crippen molar-refractivity contribution < 1.29 is 14.4 Å². The molecule has 5 nitrogen and oxygen atoms in total. The Labute approximate surface area is 152 Å². The summed E-state index contributed by atoms with van der Waals surface area (Å²) < 4.78 is 0. The average Bonchev–Trinajstić information content (AvgIpc) is 3.25. The van der Waals surface area contributed by atoms with Crippen molar-refractivity contribution in [3.8, 4) is 0 Å². The molecule has 4 rings (SSSR count). The van der Waals surface area contributed by atoms with Crippen molar-refractivity contribution in [2.24, 2.45) is 0 Å². The molecule has 1 N–H and O–H groups in total. The van der Waals surface area contributed by atoms with Gasteiger partial charge < -0.3 is 5.32 Å². The van der Waals surface area contributed by atoms with Gasteiger partial charge in [0.05, 0.1) is 17.7 Å². The monoisotopic (exact) mass is 348 g/mol. The molecule has 0 unspecified atom stereocenters. The molecule has 1 saturated carbocycles. The van der Waals surface area contributed by atoms with E-state index < -0.39 is 0 Å². The molecule has 0 bridgehead atoms. The van der Waals surface area contributed by atoms with Gasteiger partial charge in [-0.2, -0.15) is 0 Å². The zero-order chi connectivity index (χ0) is 18.1. The predicted molar refractivity (Wildman–Crippen MR) is 96.8 cm³/mol. The Morgan fingerprint density at radius 3 is 2.38 bits per heavy atom. The van der Waals surface area contributed by atoms with Crippen LogP contribution in [0, 0.1) is 0 Å². The summed E-state index contributed by atoms with van der Waals surface area (Å²) in [5.41, 5.74) is 1.99. The van der Waals surface area contributed by atoms with Crippen LogP contribution < -0.4 is 5.32 Å². The van der Waals surface area contributed by atoms with Crippen molar-refractivity contribution in [3.63, 3.8) is 0 Å². The van der Waals surface area contributed by atoms with Gasteiger partial charge in [0.15, 0.2) is 0 Å². The molecule has 0 atom stereocenters. The maximum Gasteiger partial charge on any atom is 0.261 e. The Balaban J connectivity index is 1.55. The van der Waals surface area contributed by atoms with Crippen molar-refractivity contribution in [2.45, 2.75) is 38.3 Å². The van der Waals surface area contributed by atoms with Crippen molar-refractivity contribution in [1.29, 1.82) is 0 Å². The highest BCUT2D eigenvalue weighted by Gasteiger charge is 2.36. The fraction of sp³-hybridized carbons (Fsp3) is 0.286. The lowest BCUT2D eigenvalue weighted by Gasteiger charge is -2.13. The van der Waals surface area contributed by atoms with Crippen LogP contribution in [0.25, 0.3) is 0 Å². The molecule has 0 spiro atoms. The van der Waals surface area contributed by atoms with Gasteiger partial charge in [-0.05, 0) is 36.6 Å². The third-order valence-electron chi connectivity index (χ3n) is 5.11. The largest absolute Gasteiger partial charge is 0.349 e. The minimum atomic E-state index is -0.343. The Kier molecular flexibility index (Phi) is 4.29. The first-order chi connectivity index (χ1) is 12.6. The number of hydrogen-bond acceptors (Lipinski definition) is 3. The number of amides is 3. The second kappa shape index (κ2) is 6.75. The lowest BCUT2D eigenvalue weighted by molar-refractivity contribution is 0.0642. The lowest BCUT2D eigenvalue weighted by atomic mass is 10.0. The van der Waals surface area contributed by atoms with Crippen LogP contribution in [-0.2, 0) is 6.54 Å². The van der Waals surface area contributed by atoms with Gasteiger partial charge in [-0.25, -0.2) is 0 Å². The Bertz CT molecular complexity index is 870. The number of carbonyl (C=O) groups is 3. The number of hydrogen-bond donors (Lipinski definition) is 1. The smallest absolute Gasteiger partial charge is 0.261 e. The maximum atomic E-state index is 12.7. The summed E-state index contributed by atoms with van der Waals surface area (Å²) in [6, 6.07) is 14.4. The van der Waals surface area contributed by atoms with Gasteiger partial charge in [-0.1, -0.05) is 43.2 Å². The van der Waals surface area contributed by atoms with Crippen LogP contribution in [0.4, 0.5) is 0 Å². The van der Waals surface area contributed by atoms with Gasteiger partial charge in [0.25, 0.3) is 17.7 Å². The van der Waals surface area contributed by atoms with Crippen molar-refractivity contribution in [1.82, 2.24) is 10.2 Å². The Hall–Kier alpha value is -2.95. The normalized spacial score (nSPS) is 16.8. The molecule has 0 radical (unpaired) electrons. The number of nitrogens with one attached hydrogen (secondary N) is 1. The minimum Gasteiger partial charge on any atom is -0.349 e. The van der Waals surface area contributed by atoms with Gasteiger partial charge in [-0.15, -0.1) is 0 Å². The first kappa shape index (κ1) is 16.5. The van der Waals surface area contributed by atoms with Gasteiger partial charge in [0.2, 0.25) is 0 Å². The first-order valence-electron chi connectivity index (χ1n) is 8.98. The van der Waals surface area contributed by atoms with E-state index in [0.29, 0.717) is 16.7 Å². The lowest BCUT2D eigenvalue weighted by Crippen LogP contribution is -2.32. The number of rotatable bonds is 4. The maximum absolute atomic E-state index is 12.7. The highest BCUT2D eigenvalue weighted by Crippen LogP contribution is 2.26. The van der Waals surface area contributed by atoms with Crippen LogP contribution >= 0.6 is 0 Å². The van der Waals surface area contributed by atoms with E-state index in [2.05, 4.69) is 5.32 Å². The van der Waals surface area contributed by atoms with E-state index in [-0.39, 0.29) is 30.3 Å². The molecule has 0 aromatic heterocycles.